The van der Waals surface area contributed by atoms with Crippen molar-refractivity contribution in [2.45, 2.75) is 361 Å². The van der Waals surface area contributed by atoms with E-state index in [1.165, 1.54) is 218 Å². The Labute approximate surface area is 479 Å². The molecule has 0 rings (SSSR count). The van der Waals surface area contributed by atoms with E-state index in [9.17, 15) is 14.4 Å². The van der Waals surface area contributed by atoms with Crippen LogP contribution in [0.4, 0.5) is 0 Å². The molecule has 6 heteroatoms. The Kier molecular flexibility index (Phi) is 63.2. The maximum Gasteiger partial charge on any atom is 0.306 e. The number of unbranched alkanes of at least 4 members (excludes halogenated alkanes) is 41. The fourth-order valence-corrected chi connectivity index (χ4v) is 9.92. The van der Waals surface area contributed by atoms with Crippen LogP contribution in [0.15, 0.2) is 60.8 Å². The summed E-state index contributed by atoms with van der Waals surface area (Å²) in [5.74, 6) is -0.882. The molecule has 1 atom stereocenters. The molecule has 0 aliphatic rings. The number of carbonyl (C=O) groups is 3. The van der Waals surface area contributed by atoms with Crippen molar-refractivity contribution in [2.24, 2.45) is 0 Å². The maximum atomic E-state index is 12.9. The van der Waals surface area contributed by atoms with Gasteiger partial charge in [-0.15, -0.1) is 0 Å². The summed E-state index contributed by atoms with van der Waals surface area (Å²) >= 11 is 0. The summed E-state index contributed by atoms with van der Waals surface area (Å²) in [6, 6.07) is 0. The third-order valence-electron chi connectivity index (χ3n) is 15.0. The number of allylic oxidation sites excluding steroid dienone is 10. The molecule has 0 saturated heterocycles. The molecule has 448 valence electrons. The molecule has 1 unspecified atom stereocenters. The molecule has 0 N–H and O–H groups in total. The molecule has 0 aromatic carbocycles. The molecule has 0 aromatic rings. The van der Waals surface area contributed by atoms with Crippen molar-refractivity contribution in [1.29, 1.82) is 0 Å². The minimum atomic E-state index is -0.784. The van der Waals surface area contributed by atoms with E-state index in [-0.39, 0.29) is 31.1 Å². The lowest BCUT2D eigenvalue weighted by Gasteiger charge is -2.18. The van der Waals surface area contributed by atoms with Crippen LogP contribution in [-0.4, -0.2) is 37.2 Å². The second-order valence-corrected chi connectivity index (χ2v) is 22.7. The van der Waals surface area contributed by atoms with Gasteiger partial charge >= 0.3 is 17.9 Å². The topological polar surface area (TPSA) is 78.9 Å². The fraction of sp³-hybridized carbons (Fsp3) is 0.817. The summed E-state index contributed by atoms with van der Waals surface area (Å²) in [5, 5.41) is 0. The van der Waals surface area contributed by atoms with Gasteiger partial charge in [0.25, 0.3) is 0 Å². The molecule has 0 saturated carbocycles. The van der Waals surface area contributed by atoms with E-state index in [0.29, 0.717) is 19.3 Å². The summed E-state index contributed by atoms with van der Waals surface area (Å²) < 4.78 is 16.9. The number of ether oxygens (including phenoxy) is 3. The Bertz CT molecular complexity index is 1380. The quantitative estimate of drug-likeness (QED) is 0.0261. The molecule has 0 fully saturated rings. The van der Waals surface area contributed by atoms with Gasteiger partial charge in [0.05, 0.1) is 0 Å². The fourth-order valence-electron chi connectivity index (χ4n) is 9.92. The van der Waals surface area contributed by atoms with Crippen molar-refractivity contribution in [2.75, 3.05) is 13.2 Å². The minimum absolute atomic E-state index is 0.0789. The van der Waals surface area contributed by atoms with Gasteiger partial charge in [-0.2, -0.15) is 0 Å². The van der Waals surface area contributed by atoms with E-state index < -0.39 is 6.10 Å². The lowest BCUT2D eigenvalue weighted by atomic mass is 10.0. The van der Waals surface area contributed by atoms with Crippen LogP contribution >= 0.6 is 0 Å². The molecule has 0 spiro atoms. The first-order valence-electron chi connectivity index (χ1n) is 33.8. The first kappa shape index (κ1) is 74.1. The van der Waals surface area contributed by atoms with Crippen molar-refractivity contribution in [3.63, 3.8) is 0 Å². The van der Waals surface area contributed by atoms with Gasteiger partial charge < -0.3 is 14.2 Å². The van der Waals surface area contributed by atoms with Gasteiger partial charge in [-0.05, 0) is 103 Å². The molecule has 0 aliphatic heterocycles. The largest absolute Gasteiger partial charge is 0.462 e. The molecule has 0 radical (unpaired) electrons. The highest BCUT2D eigenvalue weighted by molar-refractivity contribution is 5.71. The molecule has 0 bridgehead atoms. The van der Waals surface area contributed by atoms with Gasteiger partial charge in [-0.3, -0.25) is 14.4 Å². The van der Waals surface area contributed by atoms with Crippen LogP contribution < -0.4 is 0 Å². The minimum Gasteiger partial charge on any atom is -0.462 e. The van der Waals surface area contributed by atoms with Crippen molar-refractivity contribution < 1.29 is 28.6 Å². The lowest BCUT2D eigenvalue weighted by Crippen LogP contribution is -2.30. The van der Waals surface area contributed by atoms with Gasteiger partial charge in [0.15, 0.2) is 6.10 Å². The Balaban J connectivity index is 4.26. The zero-order chi connectivity index (χ0) is 55.7. The first-order valence-corrected chi connectivity index (χ1v) is 33.8. The average molecular weight is 1080 g/mol. The number of esters is 3. The van der Waals surface area contributed by atoms with Crippen LogP contribution in [0.3, 0.4) is 0 Å². The standard InChI is InChI=1S/C71H128O6/c1-4-7-10-13-16-19-22-25-28-30-31-32-33-34-35-36-37-38-39-41-43-46-49-52-55-58-61-64-70(73)76-67-68(66-75-69(72)63-60-57-54-51-48-45-42-27-24-21-18-15-12-9-6-3)77-71(74)65-62-59-56-53-50-47-44-40-29-26-23-20-17-14-11-8-5-2/h9,12,18,21,26-27,29-31,42,68H,4-8,10-11,13-17,19-20,22-25,28,32-41,43-67H2,1-3H3/b12-9-,21-18-,29-26-,31-30-,42-27-. The second kappa shape index (κ2) is 65.6. The molecule has 77 heavy (non-hydrogen) atoms. The number of hydrogen-bond donors (Lipinski definition) is 0. The van der Waals surface area contributed by atoms with Crippen LogP contribution in [0.2, 0.25) is 0 Å². The van der Waals surface area contributed by atoms with Crippen molar-refractivity contribution in [3.8, 4) is 0 Å². The molecule has 0 aromatic heterocycles. The Morgan fingerprint density at radius 1 is 0.273 bits per heavy atom. The molecule has 6 nitrogen and oxygen atoms in total. The maximum absolute atomic E-state index is 12.9. The van der Waals surface area contributed by atoms with Gasteiger partial charge in [0.2, 0.25) is 0 Å². The highest BCUT2D eigenvalue weighted by Gasteiger charge is 2.19. The number of carbonyl (C=O) groups excluding carboxylic acids is 3. The lowest BCUT2D eigenvalue weighted by molar-refractivity contribution is -0.167. The van der Waals surface area contributed by atoms with Crippen molar-refractivity contribution >= 4 is 17.9 Å². The van der Waals surface area contributed by atoms with E-state index in [1.807, 2.05) is 0 Å². The average Bonchev–Trinajstić information content (AvgIpc) is 3.43. The third-order valence-corrected chi connectivity index (χ3v) is 15.0. The number of hydrogen-bond acceptors (Lipinski definition) is 6. The van der Waals surface area contributed by atoms with Crippen LogP contribution in [0.1, 0.15) is 355 Å². The Hall–Kier alpha value is -2.89. The molecular weight excluding hydrogens is 949 g/mol. The molecular formula is C71H128O6. The van der Waals surface area contributed by atoms with Gasteiger partial charge in [0, 0.05) is 19.3 Å². The summed E-state index contributed by atoms with van der Waals surface area (Å²) in [6.45, 7) is 6.56. The zero-order valence-electron chi connectivity index (χ0n) is 51.5. The van der Waals surface area contributed by atoms with Gasteiger partial charge in [-0.25, -0.2) is 0 Å². The second-order valence-electron chi connectivity index (χ2n) is 22.7. The van der Waals surface area contributed by atoms with Crippen molar-refractivity contribution in [3.05, 3.63) is 60.8 Å². The van der Waals surface area contributed by atoms with Crippen LogP contribution in [0, 0.1) is 0 Å². The summed E-state index contributed by atoms with van der Waals surface area (Å²) in [5.41, 5.74) is 0. The molecule has 0 heterocycles. The third kappa shape index (κ3) is 63.8. The molecule has 0 amide bonds. The predicted molar refractivity (Wildman–Crippen MR) is 335 cm³/mol. The van der Waals surface area contributed by atoms with E-state index in [2.05, 4.69) is 81.5 Å². The highest BCUT2D eigenvalue weighted by Crippen LogP contribution is 2.17. The predicted octanol–water partition coefficient (Wildman–Crippen LogP) is 23.1. The van der Waals surface area contributed by atoms with E-state index >= 15 is 0 Å². The van der Waals surface area contributed by atoms with E-state index in [0.717, 1.165) is 96.3 Å². The normalized spacial score (nSPS) is 12.4. The first-order chi connectivity index (χ1) is 38.0. The Morgan fingerprint density at radius 3 is 0.805 bits per heavy atom. The Morgan fingerprint density at radius 2 is 0.506 bits per heavy atom. The van der Waals surface area contributed by atoms with Crippen LogP contribution in [0.5, 0.6) is 0 Å². The zero-order valence-corrected chi connectivity index (χ0v) is 51.5. The van der Waals surface area contributed by atoms with Crippen LogP contribution in [0.25, 0.3) is 0 Å². The monoisotopic (exact) mass is 1080 g/mol. The van der Waals surface area contributed by atoms with Crippen LogP contribution in [-0.2, 0) is 28.6 Å². The van der Waals surface area contributed by atoms with Gasteiger partial charge in [-0.1, -0.05) is 293 Å². The smallest absolute Gasteiger partial charge is 0.306 e. The summed E-state index contributed by atoms with van der Waals surface area (Å²) in [4.78, 5) is 38.4. The van der Waals surface area contributed by atoms with E-state index in [4.69, 9.17) is 14.2 Å². The molecule has 0 aliphatic carbocycles. The SMILES string of the molecule is CC/C=C\C/C=C\C/C=C\CCCCCCCC(=O)OCC(COC(=O)CCCCCCCCCCCCCCCCC/C=C\CCCCCCCCCC)OC(=O)CCCCCCCCC/C=C\CCCCCCCC. The van der Waals surface area contributed by atoms with Gasteiger partial charge in [0.1, 0.15) is 13.2 Å². The number of rotatable bonds is 62. The van der Waals surface area contributed by atoms with Crippen molar-refractivity contribution in [1.82, 2.24) is 0 Å². The summed E-state index contributed by atoms with van der Waals surface area (Å²) in [7, 11) is 0. The highest BCUT2D eigenvalue weighted by atomic mass is 16.6. The summed E-state index contributed by atoms with van der Waals surface area (Å²) in [6.07, 6.45) is 83.9. The van der Waals surface area contributed by atoms with E-state index in [1.54, 1.807) is 0 Å².